The second kappa shape index (κ2) is 5.91. The quantitative estimate of drug-likeness (QED) is 0.545. The van der Waals surface area contributed by atoms with Gasteiger partial charge in [0.25, 0.3) is 0 Å². The number of esters is 1. The summed E-state index contributed by atoms with van der Waals surface area (Å²) >= 11 is 0. The molecule has 0 saturated heterocycles. The molecule has 0 N–H and O–H groups in total. The molecular formula is C18H32O3. The van der Waals surface area contributed by atoms with E-state index >= 15 is 0 Å². The van der Waals surface area contributed by atoms with E-state index in [0.717, 1.165) is 25.7 Å². The predicted molar refractivity (Wildman–Crippen MR) is 83.8 cm³/mol. The lowest BCUT2D eigenvalue weighted by Crippen LogP contribution is -2.30. The topological polar surface area (TPSA) is 35.5 Å². The van der Waals surface area contributed by atoms with Crippen molar-refractivity contribution in [2.24, 2.45) is 16.2 Å². The summed E-state index contributed by atoms with van der Waals surface area (Å²) in [6.07, 6.45) is 8.10. The zero-order chi connectivity index (χ0) is 15.7. The number of hydrogen-bond donors (Lipinski definition) is 0. The maximum atomic E-state index is 12.6. The summed E-state index contributed by atoms with van der Waals surface area (Å²) in [6, 6.07) is 0. The number of carbonyl (C=O) groups excluding carboxylic acids is 1. The molecule has 0 bridgehead atoms. The van der Waals surface area contributed by atoms with E-state index in [9.17, 15) is 4.79 Å². The van der Waals surface area contributed by atoms with Crippen LogP contribution in [0.1, 0.15) is 79.6 Å². The first-order chi connectivity index (χ1) is 9.66. The molecule has 0 heterocycles. The summed E-state index contributed by atoms with van der Waals surface area (Å²) in [7, 11) is 0. The highest BCUT2D eigenvalue weighted by Gasteiger charge is 2.67. The fourth-order valence-electron chi connectivity index (χ4n) is 3.89. The average molecular weight is 296 g/mol. The monoisotopic (exact) mass is 296 g/mol. The van der Waals surface area contributed by atoms with Gasteiger partial charge in [-0.2, -0.15) is 0 Å². The normalized spacial score (nSPS) is 29.2. The van der Waals surface area contributed by atoms with Gasteiger partial charge in [0.2, 0.25) is 0 Å². The first kappa shape index (κ1) is 16.8. The summed E-state index contributed by atoms with van der Waals surface area (Å²) in [5.41, 5.74) is -0.111. The van der Waals surface area contributed by atoms with Crippen molar-refractivity contribution < 1.29 is 14.3 Å². The molecule has 2 saturated carbocycles. The van der Waals surface area contributed by atoms with Gasteiger partial charge in [-0.3, -0.25) is 4.79 Å². The second-order valence-corrected chi connectivity index (χ2v) is 8.86. The highest BCUT2D eigenvalue weighted by molar-refractivity contribution is 5.81. The summed E-state index contributed by atoms with van der Waals surface area (Å²) in [6.45, 7) is 11.0. The second-order valence-electron chi connectivity index (χ2n) is 8.86. The number of carbonyl (C=O) groups is 1. The standard InChI is InChI=1S/C18H32O3/c1-16(2,3)11-18(12-17(18,4)5)15(19)21-13-20-14-9-7-6-8-10-14/h14H,6-13H2,1-5H3/t18-/m0/s1. The van der Waals surface area contributed by atoms with Crippen LogP contribution in [-0.4, -0.2) is 18.9 Å². The molecule has 0 aromatic heterocycles. The van der Waals surface area contributed by atoms with Gasteiger partial charge in [-0.05, 0) is 36.5 Å². The minimum Gasteiger partial charge on any atom is -0.438 e. The van der Waals surface area contributed by atoms with Crippen LogP contribution in [0.5, 0.6) is 0 Å². The third-order valence-corrected chi connectivity index (χ3v) is 5.18. The fourth-order valence-corrected chi connectivity index (χ4v) is 3.89. The maximum absolute atomic E-state index is 12.6. The highest BCUT2D eigenvalue weighted by atomic mass is 16.7. The summed E-state index contributed by atoms with van der Waals surface area (Å²) in [4.78, 5) is 12.6. The Bertz CT molecular complexity index is 374. The minimum absolute atomic E-state index is 0.0572. The van der Waals surface area contributed by atoms with Crippen LogP contribution in [-0.2, 0) is 14.3 Å². The van der Waals surface area contributed by atoms with Crippen LogP contribution in [0.3, 0.4) is 0 Å². The first-order valence-electron chi connectivity index (χ1n) is 8.45. The molecule has 3 nitrogen and oxygen atoms in total. The van der Waals surface area contributed by atoms with Crippen molar-refractivity contribution in [2.45, 2.75) is 85.7 Å². The Labute approximate surface area is 129 Å². The lowest BCUT2D eigenvalue weighted by atomic mass is 9.79. The number of ether oxygens (including phenoxy) is 2. The molecule has 21 heavy (non-hydrogen) atoms. The van der Waals surface area contributed by atoms with E-state index in [-0.39, 0.29) is 35.1 Å². The molecule has 2 fully saturated rings. The predicted octanol–water partition coefficient (Wildman–Crippen LogP) is 4.69. The van der Waals surface area contributed by atoms with Crippen LogP contribution >= 0.6 is 0 Å². The van der Waals surface area contributed by atoms with Crippen LogP contribution in [0.25, 0.3) is 0 Å². The number of hydrogen-bond acceptors (Lipinski definition) is 3. The SMILES string of the molecule is CC(C)(C)C[C@@]1(C(=O)OCOC2CCCCC2)CC1(C)C. The Hall–Kier alpha value is -0.570. The van der Waals surface area contributed by atoms with Gasteiger partial charge in [-0.15, -0.1) is 0 Å². The van der Waals surface area contributed by atoms with E-state index in [1.807, 2.05) is 0 Å². The Balaban J connectivity index is 1.83. The first-order valence-corrected chi connectivity index (χ1v) is 8.45. The molecule has 0 spiro atoms. The van der Waals surface area contributed by atoms with Gasteiger partial charge >= 0.3 is 5.97 Å². The maximum Gasteiger partial charge on any atom is 0.314 e. The molecule has 2 rings (SSSR count). The zero-order valence-corrected chi connectivity index (χ0v) is 14.5. The van der Waals surface area contributed by atoms with Gasteiger partial charge in [0, 0.05) is 0 Å². The molecule has 2 aliphatic carbocycles. The van der Waals surface area contributed by atoms with Gasteiger partial charge in [-0.1, -0.05) is 53.9 Å². The fraction of sp³-hybridized carbons (Fsp3) is 0.944. The van der Waals surface area contributed by atoms with E-state index in [4.69, 9.17) is 9.47 Å². The molecule has 0 aromatic carbocycles. The van der Waals surface area contributed by atoms with E-state index < -0.39 is 0 Å². The third kappa shape index (κ3) is 4.00. The Morgan fingerprint density at radius 3 is 2.19 bits per heavy atom. The van der Waals surface area contributed by atoms with Crippen LogP contribution in [0.15, 0.2) is 0 Å². The molecule has 122 valence electrons. The van der Waals surface area contributed by atoms with Crippen molar-refractivity contribution in [3.63, 3.8) is 0 Å². The molecule has 1 atom stereocenters. The Morgan fingerprint density at radius 1 is 1.14 bits per heavy atom. The van der Waals surface area contributed by atoms with Crippen LogP contribution in [0, 0.1) is 16.2 Å². The van der Waals surface area contributed by atoms with Gasteiger partial charge in [-0.25, -0.2) is 0 Å². The molecule has 2 aliphatic rings. The van der Waals surface area contributed by atoms with Crippen molar-refractivity contribution >= 4 is 5.97 Å². The van der Waals surface area contributed by atoms with Gasteiger partial charge in [0.1, 0.15) is 0 Å². The molecule has 0 amide bonds. The van der Waals surface area contributed by atoms with Crippen LogP contribution in [0.4, 0.5) is 0 Å². The Morgan fingerprint density at radius 2 is 1.71 bits per heavy atom. The van der Waals surface area contributed by atoms with Crippen molar-refractivity contribution in [1.82, 2.24) is 0 Å². The van der Waals surface area contributed by atoms with E-state index in [1.165, 1.54) is 19.3 Å². The van der Waals surface area contributed by atoms with Gasteiger partial charge in [0.05, 0.1) is 11.5 Å². The number of rotatable bonds is 5. The lowest BCUT2D eigenvalue weighted by molar-refractivity contribution is -0.171. The summed E-state index contributed by atoms with van der Waals surface area (Å²) < 4.78 is 11.2. The van der Waals surface area contributed by atoms with Crippen LogP contribution < -0.4 is 0 Å². The minimum atomic E-state index is -0.304. The zero-order valence-electron chi connectivity index (χ0n) is 14.5. The van der Waals surface area contributed by atoms with Crippen LogP contribution in [0.2, 0.25) is 0 Å². The molecule has 0 aliphatic heterocycles. The van der Waals surface area contributed by atoms with Crippen molar-refractivity contribution in [2.75, 3.05) is 6.79 Å². The third-order valence-electron chi connectivity index (χ3n) is 5.18. The van der Waals surface area contributed by atoms with E-state index in [1.54, 1.807) is 0 Å². The molecule has 3 heteroatoms. The van der Waals surface area contributed by atoms with Crippen molar-refractivity contribution in [3.8, 4) is 0 Å². The molecule has 0 radical (unpaired) electrons. The largest absolute Gasteiger partial charge is 0.438 e. The van der Waals surface area contributed by atoms with E-state index in [2.05, 4.69) is 34.6 Å². The summed E-state index contributed by atoms with van der Waals surface area (Å²) in [5.74, 6) is -0.0572. The molecular weight excluding hydrogens is 264 g/mol. The lowest BCUT2D eigenvalue weighted by Gasteiger charge is -2.28. The molecule has 0 aromatic rings. The summed E-state index contributed by atoms with van der Waals surface area (Å²) in [5, 5.41) is 0. The average Bonchev–Trinajstić information content (AvgIpc) is 2.91. The van der Waals surface area contributed by atoms with Crippen molar-refractivity contribution in [1.29, 1.82) is 0 Å². The van der Waals surface area contributed by atoms with Gasteiger partial charge in [0.15, 0.2) is 6.79 Å². The van der Waals surface area contributed by atoms with Crippen molar-refractivity contribution in [3.05, 3.63) is 0 Å². The van der Waals surface area contributed by atoms with E-state index in [0.29, 0.717) is 0 Å². The molecule has 0 unspecified atom stereocenters. The Kier molecular flexibility index (Phi) is 4.72. The van der Waals surface area contributed by atoms with Gasteiger partial charge < -0.3 is 9.47 Å². The smallest absolute Gasteiger partial charge is 0.314 e. The highest BCUT2D eigenvalue weighted by Crippen LogP contribution is 2.68.